The highest BCUT2D eigenvalue weighted by molar-refractivity contribution is 6.01. The Morgan fingerprint density at radius 2 is 1.82 bits per heavy atom. The molecule has 192 valence electrons. The normalized spacial score (nSPS) is 40.3. The maximum atomic E-state index is 13.5. The summed E-state index contributed by atoms with van der Waals surface area (Å²) in [6, 6.07) is -0.582. The minimum atomic E-state index is -1.75. The van der Waals surface area contributed by atoms with Crippen LogP contribution in [0.2, 0.25) is 0 Å². The van der Waals surface area contributed by atoms with Gasteiger partial charge in [0.15, 0.2) is 0 Å². The lowest BCUT2D eigenvalue weighted by atomic mass is 9.47. The molecular weight excluding hydrogens is 434 g/mol. The smallest absolute Gasteiger partial charge is 0.271 e. The molecule has 4 aliphatic rings. The number of amides is 2. The monoisotopic (exact) mass is 478 g/mol. The summed E-state index contributed by atoms with van der Waals surface area (Å²) in [6.45, 7) is 10.1. The summed E-state index contributed by atoms with van der Waals surface area (Å²) in [7, 11) is 1.85. The van der Waals surface area contributed by atoms with Crippen molar-refractivity contribution in [2.24, 2.45) is 40.4 Å². The summed E-state index contributed by atoms with van der Waals surface area (Å²) in [4.78, 5) is 28.7. The zero-order valence-electron chi connectivity index (χ0n) is 21.9. The van der Waals surface area contributed by atoms with E-state index in [-0.39, 0.29) is 34.8 Å². The van der Waals surface area contributed by atoms with E-state index >= 15 is 0 Å². The summed E-state index contributed by atoms with van der Waals surface area (Å²) in [5.41, 5.74) is 0.247. The molecule has 4 nitrogen and oxygen atoms in total. The van der Waals surface area contributed by atoms with E-state index in [1.165, 1.54) is 45.4 Å². The Hall–Kier alpha value is -1.46. The number of halogens is 2. The second-order valence-electron chi connectivity index (χ2n) is 12.9. The van der Waals surface area contributed by atoms with Crippen LogP contribution in [0, 0.1) is 40.4 Å². The molecule has 8 atom stereocenters. The lowest BCUT2D eigenvalue weighted by Gasteiger charge is -2.62. The van der Waals surface area contributed by atoms with E-state index in [1.807, 2.05) is 25.8 Å². The fourth-order valence-electron chi connectivity index (χ4n) is 8.70. The van der Waals surface area contributed by atoms with Crippen LogP contribution in [0.4, 0.5) is 8.78 Å². The summed E-state index contributed by atoms with van der Waals surface area (Å²) < 4.78 is 26.8. The van der Waals surface area contributed by atoms with E-state index in [1.54, 1.807) is 0 Å². The lowest BCUT2D eigenvalue weighted by Crippen LogP contribution is -2.65. The molecule has 3 unspecified atom stereocenters. The molecular formula is C28H44F2N2O2. The molecule has 1 heterocycles. The van der Waals surface area contributed by atoms with Crippen molar-refractivity contribution in [3.05, 3.63) is 11.7 Å². The molecule has 0 aromatic heterocycles. The number of nitrogens with zero attached hydrogens (tertiary/aromatic N) is 1. The van der Waals surface area contributed by atoms with E-state index in [0.717, 1.165) is 12.3 Å². The van der Waals surface area contributed by atoms with Crippen molar-refractivity contribution in [1.29, 1.82) is 0 Å². The van der Waals surface area contributed by atoms with E-state index in [4.69, 9.17) is 0 Å². The van der Waals surface area contributed by atoms with E-state index < -0.39 is 18.0 Å². The van der Waals surface area contributed by atoms with Gasteiger partial charge in [-0.3, -0.25) is 9.59 Å². The van der Waals surface area contributed by atoms with Gasteiger partial charge in [0.05, 0.1) is 6.04 Å². The highest BCUT2D eigenvalue weighted by atomic mass is 19.3. The van der Waals surface area contributed by atoms with Gasteiger partial charge < -0.3 is 10.2 Å². The first-order valence-corrected chi connectivity index (χ1v) is 13.5. The molecule has 6 heteroatoms. The second-order valence-corrected chi connectivity index (χ2v) is 12.9. The van der Waals surface area contributed by atoms with Crippen LogP contribution in [-0.4, -0.2) is 35.8 Å². The number of hydrogen-bond acceptors (Lipinski definition) is 2. The molecule has 1 N–H and O–H groups in total. The number of likely N-dealkylation sites (tertiary alicyclic amines) is 1. The molecule has 0 spiro atoms. The zero-order valence-corrected chi connectivity index (χ0v) is 21.9. The maximum Gasteiger partial charge on any atom is 0.271 e. The molecule has 0 aromatic carbocycles. The fourth-order valence-corrected chi connectivity index (χ4v) is 8.70. The Labute approximate surface area is 204 Å². The van der Waals surface area contributed by atoms with Crippen LogP contribution in [0.1, 0.15) is 92.4 Å². The minimum absolute atomic E-state index is 0.103. The molecule has 4 rings (SSSR count). The predicted molar refractivity (Wildman–Crippen MR) is 130 cm³/mol. The van der Waals surface area contributed by atoms with E-state index in [2.05, 4.69) is 19.2 Å². The highest BCUT2D eigenvalue weighted by Crippen LogP contribution is 2.65. The van der Waals surface area contributed by atoms with E-state index in [9.17, 15) is 18.4 Å². The maximum absolute atomic E-state index is 13.5. The zero-order chi connectivity index (χ0) is 25.0. The van der Waals surface area contributed by atoms with Gasteiger partial charge in [-0.05, 0) is 92.8 Å². The fraction of sp³-hybridized carbons (Fsp3) is 0.857. The Morgan fingerprint density at radius 1 is 1.12 bits per heavy atom. The molecule has 3 aliphatic carbocycles. The van der Waals surface area contributed by atoms with Gasteiger partial charge in [-0.1, -0.05) is 34.1 Å². The van der Waals surface area contributed by atoms with Crippen molar-refractivity contribution < 1.29 is 18.4 Å². The van der Waals surface area contributed by atoms with Gasteiger partial charge in [0.25, 0.3) is 6.08 Å². The Bertz CT molecular complexity index is 853. The van der Waals surface area contributed by atoms with Gasteiger partial charge in [0.1, 0.15) is 5.92 Å². The Morgan fingerprint density at radius 3 is 2.47 bits per heavy atom. The first-order chi connectivity index (χ1) is 15.9. The number of hydrogen-bond donors (Lipinski definition) is 1. The standard InChI is InChI=1S/C28H44F2N2O2/c1-16(2)14-22(17(3)24(29)30)31-25(33)19-15-28(5)21-11-13-27(4)12-7-8-20(27)18(21)9-10-23(28)32(6)26(19)34/h16,18-23H,7-15H2,1-6H3,(H,31,33)/t18-,19?,20-,21+,22?,23?,27-,28+/m0/s1. The average Bonchev–Trinajstić information content (AvgIpc) is 3.16. The minimum Gasteiger partial charge on any atom is -0.349 e. The highest BCUT2D eigenvalue weighted by Gasteiger charge is 2.61. The molecule has 3 saturated carbocycles. The van der Waals surface area contributed by atoms with Crippen molar-refractivity contribution in [1.82, 2.24) is 10.2 Å². The molecule has 0 radical (unpaired) electrons. The van der Waals surface area contributed by atoms with Gasteiger partial charge in [-0.15, -0.1) is 0 Å². The van der Waals surface area contributed by atoms with Crippen LogP contribution in [0.5, 0.6) is 0 Å². The van der Waals surface area contributed by atoms with Crippen LogP contribution >= 0.6 is 0 Å². The molecule has 34 heavy (non-hydrogen) atoms. The number of fused-ring (bicyclic) bond motifs is 5. The summed E-state index contributed by atoms with van der Waals surface area (Å²) in [6.07, 6.45) is 7.78. The van der Waals surface area contributed by atoms with Crippen molar-refractivity contribution in [2.45, 2.75) is 104 Å². The summed E-state index contributed by atoms with van der Waals surface area (Å²) >= 11 is 0. The predicted octanol–water partition coefficient (Wildman–Crippen LogP) is 6.17. The molecule has 1 aliphatic heterocycles. The van der Waals surface area contributed by atoms with Crippen molar-refractivity contribution in [3.8, 4) is 0 Å². The molecule has 0 bridgehead atoms. The van der Waals surface area contributed by atoms with Crippen LogP contribution < -0.4 is 5.32 Å². The molecule has 2 amide bonds. The van der Waals surface area contributed by atoms with Gasteiger partial charge in [0, 0.05) is 18.7 Å². The van der Waals surface area contributed by atoms with Gasteiger partial charge in [0.2, 0.25) is 11.8 Å². The van der Waals surface area contributed by atoms with Crippen LogP contribution in [0.25, 0.3) is 0 Å². The third kappa shape index (κ3) is 4.21. The number of carbonyl (C=O) groups excluding carboxylic acids is 2. The Kier molecular flexibility index (Phi) is 6.94. The van der Waals surface area contributed by atoms with Crippen molar-refractivity contribution >= 4 is 11.8 Å². The average molecular weight is 479 g/mol. The van der Waals surface area contributed by atoms with Crippen LogP contribution in [-0.2, 0) is 9.59 Å². The largest absolute Gasteiger partial charge is 0.349 e. The van der Waals surface area contributed by atoms with E-state index in [0.29, 0.717) is 30.1 Å². The second kappa shape index (κ2) is 9.20. The van der Waals surface area contributed by atoms with Crippen LogP contribution in [0.3, 0.4) is 0 Å². The number of piperidine rings is 1. The molecule has 4 fully saturated rings. The first-order valence-electron chi connectivity index (χ1n) is 13.5. The quantitative estimate of drug-likeness (QED) is 0.481. The number of rotatable bonds is 5. The SMILES string of the molecule is CC(=C(F)F)C(CC(C)C)NC(=O)C1C[C@@]2(C)C(CC[C@@H]3[C@H]2CC[C@]2(C)CCC[C@@H]32)N(C)C1=O. The van der Waals surface area contributed by atoms with Crippen molar-refractivity contribution in [3.63, 3.8) is 0 Å². The van der Waals surface area contributed by atoms with Gasteiger partial charge in [-0.25, -0.2) is 0 Å². The Balaban J connectivity index is 1.58. The van der Waals surface area contributed by atoms with Crippen molar-refractivity contribution in [2.75, 3.05) is 7.05 Å². The summed E-state index contributed by atoms with van der Waals surface area (Å²) in [5.74, 6) is 0.768. The lowest BCUT2D eigenvalue weighted by molar-refractivity contribution is -0.169. The summed E-state index contributed by atoms with van der Waals surface area (Å²) in [5, 5.41) is 2.85. The van der Waals surface area contributed by atoms with Gasteiger partial charge in [-0.2, -0.15) is 8.78 Å². The first kappa shape index (κ1) is 25.6. The molecule has 1 saturated heterocycles. The van der Waals surface area contributed by atoms with Gasteiger partial charge >= 0.3 is 0 Å². The topological polar surface area (TPSA) is 49.4 Å². The number of nitrogens with one attached hydrogen (secondary N) is 1. The molecule has 0 aromatic rings. The number of carbonyl (C=O) groups is 2. The third-order valence-corrected chi connectivity index (χ3v) is 10.5. The van der Waals surface area contributed by atoms with Crippen LogP contribution in [0.15, 0.2) is 11.7 Å². The third-order valence-electron chi connectivity index (χ3n) is 10.5.